The Morgan fingerprint density at radius 1 is 1.06 bits per heavy atom. The minimum atomic E-state index is -0.537. The number of esters is 2. The third kappa shape index (κ3) is 4.67. The summed E-state index contributed by atoms with van der Waals surface area (Å²) in [6, 6.07) is 14.3. The van der Waals surface area contributed by atoms with Crippen LogP contribution >= 0.6 is 11.3 Å². The molecular weight excluding hydrogens is 418 g/mol. The summed E-state index contributed by atoms with van der Waals surface area (Å²) >= 11 is 1.19. The summed E-state index contributed by atoms with van der Waals surface area (Å²) in [5, 5.41) is 4.33. The molecule has 0 N–H and O–H groups in total. The van der Waals surface area contributed by atoms with Crippen molar-refractivity contribution in [3.8, 4) is 11.5 Å². The quantitative estimate of drug-likeness (QED) is 0.350. The number of rotatable bonds is 5. The van der Waals surface area contributed by atoms with E-state index < -0.39 is 11.9 Å². The van der Waals surface area contributed by atoms with Crippen molar-refractivity contribution in [2.24, 2.45) is 0 Å². The van der Waals surface area contributed by atoms with Crippen LogP contribution in [-0.4, -0.2) is 26.5 Å². The number of benzene rings is 2. The first-order chi connectivity index (χ1) is 14.9. The summed E-state index contributed by atoms with van der Waals surface area (Å²) in [6.07, 6.45) is 2.12. The lowest BCUT2D eigenvalue weighted by atomic mass is 10.1. The van der Waals surface area contributed by atoms with Gasteiger partial charge in [0, 0.05) is 31.9 Å². The predicted octanol–water partition coefficient (Wildman–Crippen LogP) is 2.14. The molecule has 0 unspecified atom stereocenters. The van der Waals surface area contributed by atoms with Gasteiger partial charge in [0.05, 0.1) is 4.53 Å². The lowest BCUT2D eigenvalue weighted by Gasteiger charge is -2.08. The van der Waals surface area contributed by atoms with E-state index in [-0.39, 0.29) is 17.1 Å². The van der Waals surface area contributed by atoms with Gasteiger partial charge in [-0.25, -0.2) is 4.98 Å². The third-order valence-corrected chi connectivity index (χ3v) is 5.18. The van der Waals surface area contributed by atoms with E-state index in [2.05, 4.69) is 10.1 Å². The van der Waals surface area contributed by atoms with Crippen LogP contribution in [0.25, 0.3) is 11.0 Å². The molecule has 0 aliphatic rings. The number of nitrogens with zero attached hydrogens (tertiary/aromatic N) is 3. The Hall–Kier alpha value is -3.85. The van der Waals surface area contributed by atoms with Crippen molar-refractivity contribution in [1.29, 1.82) is 0 Å². The largest absolute Gasteiger partial charge is 0.427 e. The van der Waals surface area contributed by atoms with E-state index in [0.717, 1.165) is 5.56 Å². The van der Waals surface area contributed by atoms with Crippen LogP contribution in [0, 0.1) is 0 Å². The van der Waals surface area contributed by atoms with E-state index >= 15 is 0 Å². The van der Waals surface area contributed by atoms with Gasteiger partial charge in [-0.1, -0.05) is 41.7 Å². The van der Waals surface area contributed by atoms with Crippen molar-refractivity contribution in [3.05, 3.63) is 80.4 Å². The molecule has 2 aromatic heterocycles. The fourth-order valence-electron chi connectivity index (χ4n) is 2.98. The summed E-state index contributed by atoms with van der Waals surface area (Å²) in [7, 11) is 0. The first-order valence-electron chi connectivity index (χ1n) is 9.34. The molecule has 0 saturated heterocycles. The highest BCUT2D eigenvalue weighted by atomic mass is 32.1. The average molecular weight is 435 g/mol. The predicted molar refractivity (Wildman–Crippen MR) is 114 cm³/mol. The summed E-state index contributed by atoms with van der Waals surface area (Å²) < 4.78 is 11.9. The van der Waals surface area contributed by atoms with E-state index in [1.165, 1.54) is 35.8 Å². The molecule has 0 aliphatic carbocycles. The zero-order valence-corrected chi connectivity index (χ0v) is 17.5. The molecule has 31 heavy (non-hydrogen) atoms. The molecule has 9 heteroatoms. The van der Waals surface area contributed by atoms with Crippen molar-refractivity contribution in [3.63, 3.8) is 0 Å². The molecule has 0 spiro atoms. The van der Waals surface area contributed by atoms with Gasteiger partial charge in [0.1, 0.15) is 11.5 Å². The van der Waals surface area contributed by atoms with Crippen LogP contribution in [0.15, 0.2) is 53.3 Å². The van der Waals surface area contributed by atoms with Gasteiger partial charge in [0.25, 0.3) is 5.56 Å². The number of thiazole rings is 1. The molecule has 156 valence electrons. The Balaban J connectivity index is 1.71. The number of carbonyl (C=O) groups excluding carboxylic acids is 2. The molecule has 0 fully saturated rings. The average Bonchev–Trinajstić information content (AvgIpc) is 3.22. The number of fused-ring (bicyclic) bond motifs is 1. The maximum Gasteiger partial charge on any atom is 0.308 e. The molecule has 0 radical (unpaired) electrons. The molecule has 0 amide bonds. The van der Waals surface area contributed by atoms with Gasteiger partial charge in [-0.2, -0.15) is 4.52 Å². The first-order valence-corrected chi connectivity index (χ1v) is 10.2. The van der Waals surface area contributed by atoms with Crippen LogP contribution in [0.3, 0.4) is 0 Å². The lowest BCUT2D eigenvalue weighted by Crippen LogP contribution is -2.24. The smallest absolute Gasteiger partial charge is 0.308 e. The summed E-state index contributed by atoms with van der Waals surface area (Å²) in [5.41, 5.74) is 1.22. The second-order valence-corrected chi connectivity index (χ2v) is 7.70. The van der Waals surface area contributed by atoms with Crippen LogP contribution in [0.5, 0.6) is 11.5 Å². The van der Waals surface area contributed by atoms with E-state index in [0.29, 0.717) is 27.3 Å². The minimum Gasteiger partial charge on any atom is -0.427 e. The Morgan fingerprint density at radius 2 is 1.81 bits per heavy atom. The maximum atomic E-state index is 12.8. The number of carbonyl (C=O) groups is 2. The fraction of sp³-hybridized carbons (Fsp3) is 0.136. The van der Waals surface area contributed by atoms with Gasteiger partial charge < -0.3 is 9.47 Å². The van der Waals surface area contributed by atoms with Gasteiger partial charge in [-0.05, 0) is 23.8 Å². The third-order valence-electron chi connectivity index (χ3n) is 4.22. The van der Waals surface area contributed by atoms with Gasteiger partial charge in [-0.3, -0.25) is 14.4 Å². The van der Waals surface area contributed by atoms with Crippen molar-refractivity contribution < 1.29 is 19.1 Å². The summed E-state index contributed by atoms with van der Waals surface area (Å²) in [5.74, 6) is -0.0623. The van der Waals surface area contributed by atoms with E-state index in [4.69, 9.17) is 9.47 Å². The zero-order valence-electron chi connectivity index (χ0n) is 16.7. The summed E-state index contributed by atoms with van der Waals surface area (Å²) in [4.78, 5) is 40.4. The standard InChI is InChI=1S/C22H17N3O5S/c1-13(26)29-17-9-8-16(18(12-17)30-14(2)27)11-19-21(28)25-22(31-19)23-20(24-25)10-15-6-4-3-5-7-15/h3-9,11-12H,10H2,1-2H3/b19-11-. The van der Waals surface area contributed by atoms with Gasteiger partial charge in [-0.15, -0.1) is 5.10 Å². The molecule has 0 atom stereocenters. The highest BCUT2D eigenvalue weighted by Crippen LogP contribution is 2.26. The monoisotopic (exact) mass is 435 g/mol. The number of ether oxygens (including phenoxy) is 2. The number of hydrogen-bond donors (Lipinski definition) is 0. The van der Waals surface area contributed by atoms with Crippen LogP contribution in [-0.2, 0) is 16.0 Å². The van der Waals surface area contributed by atoms with Gasteiger partial charge in [0.2, 0.25) is 4.96 Å². The Labute approximate surface area is 180 Å². The van der Waals surface area contributed by atoms with Crippen molar-refractivity contribution in [2.75, 3.05) is 0 Å². The van der Waals surface area contributed by atoms with Gasteiger partial charge >= 0.3 is 11.9 Å². The van der Waals surface area contributed by atoms with Crippen molar-refractivity contribution >= 4 is 34.3 Å². The molecule has 8 nitrogen and oxygen atoms in total. The number of aromatic nitrogens is 3. The number of hydrogen-bond acceptors (Lipinski definition) is 8. The van der Waals surface area contributed by atoms with Crippen LogP contribution in [0.2, 0.25) is 0 Å². The molecular formula is C22H17N3O5S. The fourth-order valence-corrected chi connectivity index (χ4v) is 3.89. The topological polar surface area (TPSA) is 99.9 Å². The van der Waals surface area contributed by atoms with E-state index in [1.807, 2.05) is 30.3 Å². The Kier molecular flexibility index (Phi) is 5.59. The Morgan fingerprint density at radius 3 is 2.48 bits per heavy atom. The van der Waals surface area contributed by atoms with Crippen molar-refractivity contribution in [2.45, 2.75) is 20.3 Å². The van der Waals surface area contributed by atoms with E-state index in [1.54, 1.807) is 18.2 Å². The minimum absolute atomic E-state index is 0.175. The normalized spacial score (nSPS) is 11.6. The molecule has 2 heterocycles. The first kappa shape index (κ1) is 20.4. The van der Waals surface area contributed by atoms with E-state index in [9.17, 15) is 14.4 Å². The lowest BCUT2D eigenvalue weighted by molar-refractivity contribution is -0.132. The molecule has 0 bridgehead atoms. The van der Waals surface area contributed by atoms with Crippen molar-refractivity contribution in [1.82, 2.24) is 14.6 Å². The molecule has 0 aliphatic heterocycles. The maximum absolute atomic E-state index is 12.8. The summed E-state index contributed by atoms with van der Waals surface area (Å²) in [6.45, 7) is 2.54. The van der Waals surface area contributed by atoms with Gasteiger partial charge in [0.15, 0.2) is 5.82 Å². The van der Waals surface area contributed by atoms with Crippen LogP contribution in [0.4, 0.5) is 0 Å². The molecule has 0 saturated carbocycles. The zero-order chi connectivity index (χ0) is 22.0. The second-order valence-electron chi connectivity index (χ2n) is 6.69. The van der Waals surface area contributed by atoms with Crippen LogP contribution in [0.1, 0.15) is 30.8 Å². The molecule has 4 aromatic rings. The van der Waals surface area contributed by atoms with Crippen LogP contribution < -0.4 is 19.6 Å². The molecule has 2 aromatic carbocycles. The highest BCUT2D eigenvalue weighted by Gasteiger charge is 2.13. The second kappa shape index (κ2) is 8.49. The SMILES string of the molecule is CC(=O)Oc1ccc(/C=c2\sc3nc(Cc4ccccc4)nn3c2=O)c(OC(C)=O)c1. The molecule has 4 rings (SSSR count). The Bertz CT molecular complexity index is 1390. The highest BCUT2D eigenvalue weighted by molar-refractivity contribution is 7.15.